The maximum Gasteiger partial charge on any atom is 0.449 e. The summed E-state index contributed by atoms with van der Waals surface area (Å²) in [7, 11) is 1.30. The summed E-state index contributed by atoms with van der Waals surface area (Å²) in [6.07, 6.45) is -2.00. The van der Waals surface area contributed by atoms with Gasteiger partial charge < -0.3 is 14.5 Å². The maximum absolute atomic E-state index is 13.3. The fraction of sp³-hybridized carbons (Fsp3) is 0.368. The van der Waals surface area contributed by atoms with Crippen LogP contribution in [0.25, 0.3) is 22.2 Å². The van der Waals surface area contributed by atoms with Gasteiger partial charge in [-0.2, -0.15) is 13.2 Å². The number of fused-ring (bicyclic) bond motifs is 2. The second kappa shape index (κ2) is 6.57. The topological polar surface area (TPSA) is 84.6 Å². The van der Waals surface area contributed by atoms with E-state index in [9.17, 15) is 18.0 Å². The van der Waals surface area contributed by atoms with Crippen LogP contribution in [0.15, 0.2) is 35.4 Å². The molecule has 1 aliphatic heterocycles. The minimum absolute atomic E-state index is 0.00306. The lowest BCUT2D eigenvalue weighted by Crippen LogP contribution is -2.37. The van der Waals surface area contributed by atoms with Gasteiger partial charge in [0.1, 0.15) is 6.33 Å². The van der Waals surface area contributed by atoms with Crippen molar-refractivity contribution in [3.63, 3.8) is 0 Å². The smallest absolute Gasteiger partial charge is 0.355 e. The molecule has 4 heterocycles. The second-order valence-electron chi connectivity index (χ2n) is 7.40. The van der Waals surface area contributed by atoms with Crippen molar-refractivity contribution in [1.29, 1.82) is 0 Å². The third-order valence-electron chi connectivity index (χ3n) is 5.64. The van der Waals surface area contributed by atoms with Crippen LogP contribution in [0.1, 0.15) is 24.7 Å². The summed E-state index contributed by atoms with van der Waals surface area (Å²) in [5.74, 6) is -0.615. The van der Waals surface area contributed by atoms with E-state index < -0.39 is 12.0 Å². The summed E-state index contributed by atoms with van der Waals surface area (Å²) in [6, 6.07) is 7.52. The summed E-state index contributed by atoms with van der Waals surface area (Å²) in [5.41, 5.74) is 1.76. The Hall–Kier alpha value is -3.37. The molecule has 1 saturated heterocycles. The minimum atomic E-state index is -4.57. The number of anilines is 1. The molecule has 0 unspecified atom stereocenters. The minimum Gasteiger partial charge on any atom is -0.355 e. The molecule has 1 N–H and O–H groups in total. The highest BCUT2D eigenvalue weighted by Gasteiger charge is 2.38. The fourth-order valence-corrected chi connectivity index (χ4v) is 4.24. The average Bonchev–Trinajstić information content (AvgIpc) is 3.24. The number of aryl methyl sites for hydroxylation is 1. The van der Waals surface area contributed by atoms with E-state index in [1.807, 2.05) is 29.2 Å². The van der Waals surface area contributed by atoms with Crippen molar-refractivity contribution in [2.45, 2.75) is 25.1 Å². The number of hydrogen-bond donors (Lipinski definition) is 1. The lowest BCUT2D eigenvalue weighted by Gasteiger charge is -2.33. The number of H-pyrrole nitrogens is 1. The van der Waals surface area contributed by atoms with Gasteiger partial charge in [-0.15, -0.1) is 0 Å². The SMILES string of the molecule is Cn1c(C(F)(F)F)nc2c(N3CCC(n4c(=O)[nH]c5ccccc54)CC3)ncnc21. The average molecular weight is 417 g/mol. The zero-order valence-corrected chi connectivity index (χ0v) is 16.0. The van der Waals surface area contributed by atoms with Crippen molar-refractivity contribution in [2.24, 2.45) is 7.05 Å². The van der Waals surface area contributed by atoms with Crippen LogP contribution in [0.5, 0.6) is 0 Å². The first-order valence-electron chi connectivity index (χ1n) is 9.53. The summed E-state index contributed by atoms with van der Waals surface area (Å²) in [5, 5.41) is 0. The summed E-state index contributed by atoms with van der Waals surface area (Å²) >= 11 is 0. The molecule has 0 amide bonds. The third kappa shape index (κ3) is 2.84. The van der Waals surface area contributed by atoms with E-state index in [1.165, 1.54) is 13.4 Å². The van der Waals surface area contributed by atoms with Gasteiger partial charge in [-0.1, -0.05) is 12.1 Å². The van der Waals surface area contributed by atoms with E-state index in [0.717, 1.165) is 15.6 Å². The predicted molar refractivity (Wildman–Crippen MR) is 104 cm³/mol. The predicted octanol–water partition coefficient (Wildman–Crippen LogP) is 2.87. The highest BCUT2D eigenvalue weighted by atomic mass is 19.4. The molecule has 5 rings (SSSR count). The van der Waals surface area contributed by atoms with Gasteiger partial charge in [0.15, 0.2) is 17.0 Å². The number of aromatic nitrogens is 6. The molecule has 3 aromatic heterocycles. The Kier molecular flexibility index (Phi) is 4.09. The first-order valence-corrected chi connectivity index (χ1v) is 9.53. The number of hydrogen-bond acceptors (Lipinski definition) is 5. The van der Waals surface area contributed by atoms with Crippen molar-refractivity contribution >= 4 is 28.0 Å². The number of imidazole rings is 2. The van der Waals surface area contributed by atoms with Crippen LogP contribution in [-0.4, -0.2) is 42.2 Å². The zero-order valence-electron chi connectivity index (χ0n) is 16.0. The maximum atomic E-state index is 13.3. The lowest BCUT2D eigenvalue weighted by atomic mass is 10.0. The van der Waals surface area contributed by atoms with Crippen LogP contribution in [0.2, 0.25) is 0 Å². The molecule has 0 saturated carbocycles. The monoisotopic (exact) mass is 417 g/mol. The van der Waals surface area contributed by atoms with Crippen molar-refractivity contribution in [3.05, 3.63) is 46.9 Å². The largest absolute Gasteiger partial charge is 0.449 e. The van der Waals surface area contributed by atoms with Gasteiger partial charge in [-0.3, -0.25) is 4.57 Å². The van der Waals surface area contributed by atoms with Crippen LogP contribution in [0.3, 0.4) is 0 Å². The number of aromatic amines is 1. The van der Waals surface area contributed by atoms with Crippen LogP contribution in [0.4, 0.5) is 19.0 Å². The first kappa shape index (κ1) is 18.6. The quantitative estimate of drug-likeness (QED) is 0.542. The van der Waals surface area contributed by atoms with E-state index in [-0.39, 0.29) is 22.9 Å². The molecule has 30 heavy (non-hydrogen) atoms. The van der Waals surface area contributed by atoms with Crippen LogP contribution >= 0.6 is 0 Å². The molecule has 1 aliphatic rings. The Morgan fingerprint density at radius 1 is 1.13 bits per heavy atom. The summed E-state index contributed by atoms with van der Waals surface area (Å²) in [4.78, 5) is 29.2. The molecule has 0 aliphatic carbocycles. The van der Waals surface area contributed by atoms with Gasteiger partial charge in [0.2, 0.25) is 5.82 Å². The number of rotatable bonds is 2. The van der Waals surface area contributed by atoms with E-state index in [4.69, 9.17) is 0 Å². The highest BCUT2D eigenvalue weighted by Crippen LogP contribution is 2.34. The van der Waals surface area contributed by atoms with Gasteiger partial charge in [0, 0.05) is 26.2 Å². The number of halogens is 3. The van der Waals surface area contributed by atoms with Crippen LogP contribution < -0.4 is 10.6 Å². The number of piperidine rings is 1. The number of benzene rings is 1. The molecule has 0 bridgehead atoms. The van der Waals surface area contributed by atoms with E-state index >= 15 is 0 Å². The normalized spacial score (nSPS) is 16.1. The number of nitrogens with one attached hydrogen (secondary N) is 1. The van der Waals surface area contributed by atoms with Crippen molar-refractivity contribution < 1.29 is 13.2 Å². The van der Waals surface area contributed by atoms with Gasteiger partial charge in [0.25, 0.3) is 0 Å². The number of nitrogens with zero attached hydrogens (tertiary/aromatic N) is 6. The standard InChI is InChI=1S/C19H18F3N7O/c1-27-15-14(26-17(27)19(20,21)22)16(24-10-23-15)28-8-6-11(7-9-28)29-13-5-3-2-4-12(13)25-18(29)30/h2-5,10-11H,6-9H2,1H3,(H,25,30). The summed E-state index contributed by atoms with van der Waals surface area (Å²) in [6.45, 7) is 1.08. The molecule has 4 aromatic rings. The molecule has 0 spiro atoms. The van der Waals surface area contributed by atoms with Crippen molar-refractivity contribution in [2.75, 3.05) is 18.0 Å². The molecular weight excluding hydrogens is 399 g/mol. The van der Waals surface area contributed by atoms with E-state index in [0.29, 0.717) is 31.7 Å². The number of alkyl halides is 3. The molecule has 1 aromatic carbocycles. The van der Waals surface area contributed by atoms with Crippen LogP contribution in [0, 0.1) is 0 Å². The van der Waals surface area contributed by atoms with Crippen molar-refractivity contribution in [3.8, 4) is 0 Å². The van der Waals surface area contributed by atoms with Gasteiger partial charge >= 0.3 is 11.9 Å². The molecule has 11 heteroatoms. The fourth-order valence-electron chi connectivity index (χ4n) is 4.24. The molecule has 1 fully saturated rings. The van der Waals surface area contributed by atoms with Gasteiger partial charge in [-0.25, -0.2) is 19.7 Å². The molecule has 0 atom stereocenters. The van der Waals surface area contributed by atoms with Gasteiger partial charge in [-0.05, 0) is 25.0 Å². The van der Waals surface area contributed by atoms with E-state index in [1.54, 1.807) is 4.57 Å². The lowest BCUT2D eigenvalue weighted by molar-refractivity contribution is -0.146. The molecule has 156 valence electrons. The van der Waals surface area contributed by atoms with Gasteiger partial charge in [0.05, 0.1) is 11.0 Å². The van der Waals surface area contributed by atoms with Crippen molar-refractivity contribution in [1.82, 2.24) is 29.1 Å². The Morgan fingerprint density at radius 3 is 2.60 bits per heavy atom. The third-order valence-corrected chi connectivity index (χ3v) is 5.64. The Bertz CT molecular complexity index is 1300. The van der Waals surface area contributed by atoms with Crippen LogP contribution in [-0.2, 0) is 13.2 Å². The highest BCUT2D eigenvalue weighted by molar-refractivity contribution is 5.84. The zero-order chi connectivity index (χ0) is 21.0. The molecule has 8 nitrogen and oxygen atoms in total. The van der Waals surface area contributed by atoms with E-state index in [2.05, 4.69) is 19.9 Å². The molecule has 0 radical (unpaired) electrons. The Balaban J connectivity index is 1.45. The molecular formula is C19H18F3N7O. The Morgan fingerprint density at radius 2 is 1.87 bits per heavy atom. The first-order chi connectivity index (χ1) is 14.3. The second-order valence-corrected chi connectivity index (χ2v) is 7.40. The summed E-state index contributed by atoms with van der Waals surface area (Å²) < 4.78 is 42.5. The Labute approximate surface area is 168 Å². The number of para-hydroxylation sites is 2.